The first kappa shape index (κ1) is 17.6. The maximum Gasteiger partial charge on any atom is 0.407 e. The summed E-state index contributed by atoms with van der Waals surface area (Å²) < 4.78 is 5.24. The van der Waals surface area contributed by atoms with Gasteiger partial charge in [0.25, 0.3) is 0 Å². The first-order valence-corrected chi connectivity index (χ1v) is 8.29. The Kier molecular flexibility index (Phi) is 5.52. The molecule has 0 saturated heterocycles. The zero-order valence-electron chi connectivity index (χ0n) is 14.5. The number of alkyl carbamates (subject to hydrolysis) is 1. The molecule has 1 aliphatic rings. The SMILES string of the molecule is CC(CNC(=O)OC(C)(C)C)NC1CCCc2ccc(O)cc21. The molecule has 0 fully saturated rings. The summed E-state index contributed by atoms with van der Waals surface area (Å²) >= 11 is 0. The van der Waals surface area contributed by atoms with Crippen LogP contribution >= 0.6 is 0 Å². The molecule has 2 rings (SSSR count). The number of hydrogen-bond acceptors (Lipinski definition) is 4. The summed E-state index contributed by atoms with van der Waals surface area (Å²) in [6.07, 6.45) is 2.82. The maximum atomic E-state index is 11.7. The number of hydrogen-bond donors (Lipinski definition) is 3. The molecule has 23 heavy (non-hydrogen) atoms. The molecule has 1 amide bonds. The Labute approximate surface area is 138 Å². The highest BCUT2D eigenvalue weighted by Gasteiger charge is 2.22. The van der Waals surface area contributed by atoms with Crippen molar-refractivity contribution in [2.24, 2.45) is 0 Å². The predicted molar refractivity (Wildman–Crippen MR) is 90.6 cm³/mol. The number of aryl methyl sites for hydroxylation is 1. The molecule has 0 heterocycles. The number of phenols is 1. The van der Waals surface area contributed by atoms with Gasteiger partial charge in [-0.15, -0.1) is 0 Å². The molecule has 0 aromatic heterocycles. The fraction of sp³-hybridized carbons (Fsp3) is 0.611. The van der Waals surface area contributed by atoms with Gasteiger partial charge in [-0.25, -0.2) is 4.79 Å². The smallest absolute Gasteiger partial charge is 0.407 e. The van der Waals surface area contributed by atoms with Crippen LogP contribution in [0.5, 0.6) is 5.75 Å². The lowest BCUT2D eigenvalue weighted by Gasteiger charge is -2.29. The second-order valence-electron chi connectivity index (χ2n) is 7.28. The lowest BCUT2D eigenvalue weighted by molar-refractivity contribution is 0.0522. The normalized spacial score (nSPS) is 18.9. The zero-order valence-corrected chi connectivity index (χ0v) is 14.5. The van der Waals surface area contributed by atoms with Crippen molar-refractivity contribution < 1.29 is 14.6 Å². The van der Waals surface area contributed by atoms with Crippen LogP contribution in [0.4, 0.5) is 4.79 Å². The summed E-state index contributed by atoms with van der Waals surface area (Å²) in [5.41, 5.74) is 1.97. The van der Waals surface area contributed by atoms with E-state index in [9.17, 15) is 9.90 Å². The van der Waals surface area contributed by atoms with E-state index in [0.717, 1.165) is 19.3 Å². The molecule has 0 bridgehead atoms. The number of aromatic hydroxyl groups is 1. The van der Waals surface area contributed by atoms with Gasteiger partial charge < -0.3 is 20.5 Å². The van der Waals surface area contributed by atoms with Crippen LogP contribution in [-0.2, 0) is 11.2 Å². The van der Waals surface area contributed by atoms with Gasteiger partial charge in [-0.2, -0.15) is 0 Å². The van der Waals surface area contributed by atoms with Gasteiger partial charge in [0.15, 0.2) is 0 Å². The van der Waals surface area contributed by atoms with Gasteiger partial charge in [-0.1, -0.05) is 6.07 Å². The van der Waals surface area contributed by atoms with Crippen LogP contribution in [0.15, 0.2) is 18.2 Å². The van der Waals surface area contributed by atoms with Crippen LogP contribution in [0.1, 0.15) is 57.7 Å². The third-order valence-corrected chi connectivity index (χ3v) is 3.88. The van der Waals surface area contributed by atoms with Gasteiger partial charge in [0.1, 0.15) is 11.4 Å². The van der Waals surface area contributed by atoms with Crippen molar-refractivity contribution in [1.82, 2.24) is 10.6 Å². The minimum absolute atomic E-state index is 0.112. The van der Waals surface area contributed by atoms with Crippen LogP contribution in [0, 0.1) is 0 Å². The van der Waals surface area contributed by atoms with Crippen LogP contribution in [0.2, 0.25) is 0 Å². The van der Waals surface area contributed by atoms with E-state index in [0.29, 0.717) is 12.3 Å². The highest BCUT2D eigenvalue weighted by atomic mass is 16.6. The Morgan fingerprint density at radius 2 is 2.17 bits per heavy atom. The van der Waals surface area contributed by atoms with E-state index in [4.69, 9.17) is 4.74 Å². The molecule has 1 aliphatic carbocycles. The number of amides is 1. The van der Waals surface area contributed by atoms with E-state index < -0.39 is 11.7 Å². The molecule has 5 heteroatoms. The van der Waals surface area contributed by atoms with Crippen LogP contribution in [0.3, 0.4) is 0 Å². The molecule has 5 nitrogen and oxygen atoms in total. The van der Waals surface area contributed by atoms with Gasteiger partial charge in [-0.05, 0) is 70.2 Å². The van der Waals surface area contributed by atoms with Crippen LogP contribution < -0.4 is 10.6 Å². The average Bonchev–Trinajstić information content (AvgIpc) is 2.44. The highest BCUT2D eigenvalue weighted by Crippen LogP contribution is 2.32. The van der Waals surface area contributed by atoms with E-state index in [1.54, 1.807) is 6.07 Å². The fourth-order valence-corrected chi connectivity index (χ4v) is 2.91. The first-order chi connectivity index (χ1) is 10.7. The number of rotatable bonds is 4. The molecule has 3 N–H and O–H groups in total. The third-order valence-electron chi connectivity index (χ3n) is 3.88. The molecular weight excluding hydrogens is 292 g/mol. The van der Waals surface area contributed by atoms with Crippen molar-refractivity contribution in [3.05, 3.63) is 29.3 Å². The van der Waals surface area contributed by atoms with Gasteiger partial charge in [0.2, 0.25) is 0 Å². The number of carbonyl (C=O) groups excluding carboxylic acids is 1. The Bertz CT molecular complexity index is 552. The standard InChI is InChI=1S/C18H28N2O3/c1-12(11-19-17(22)23-18(2,3)4)20-16-7-5-6-13-8-9-14(21)10-15(13)16/h8-10,12,16,20-21H,5-7,11H2,1-4H3,(H,19,22). The average molecular weight is 320 g/mol. The van der Waals surface area contributed by atoms with Gasteiger partial charge in [-0.3, -0.25) is 0 Å². The van der Waals surface area contributed by atoms with Crippen molar-refractivity contribution in [2.45, 2.75) is 64.6 Å². The van der Waals surface area contributed by atoms with Crippen LogP contribution in [0.25, 0.3) is 0 Å². The lowest BCUT2D eigenvalue weighted by atomic mass is 9.87. The first-order valence-electron chi connectivity index (χ1n) is 8.29. The number of benzene rings is 1. The topological polar surface area (TPSA) is 70.6 Å². The summed E-state index contributed by atoms with van der Waals surface area (Å²) in [4.78, 5) is 11.7. The molecule has 1 aromatic carbocycles. The van der Waals surface area contributed by atoms with Gasteiger partial charge in [0.05, 0.1) is 0 Å². The van der Waals surface area contributed by atoms with Crippen molar-refractivity contribution >= 4 is 6.09 Å². The molecule has 128 valence electrons. The second-order valence-corrected chi connectivity index (χ2v) is 7.28. The third kappa shape index (κ3) is 5.43. The summed E-state index contributed by atoms with van der Waals surface area (Å²) in [5, 5.41) is 16.1. The summed E-state index contributed by atoms with van der Waals surface area (Å²) in [7, 11) is 0. The molecule has 1 aromatic rings. The van der Waals surface area contributed by atoms with E-state index in [1.807, 2.05) is 39.8 Å². The molecule has 0 spiro atoms. The van der Waals surface area contributed by atoms with Crippen molar-refractivity contribution in [1.29, 1.82) is 0 Å². The molecule has 0 saturated carbocycles. The minimum Gasteiger partial charge on any atom is -0.508 e. The van der Waals surface area contributed by atoms with E-state index in [-0.39, 0.29) is 12.1 Å². The molecule has 0 aliphatic heterocycles. The lowest BCUT2D eigenvalue weighted by Crippen LogP contribution is -2.43. The Balaban J connectivity index is 1.88. The van der Waals surface area contributed by atoms with Gasteiger partial charge in [0, 0.05) is 18.6 Å². The van der Waals surface area contributed by atoms with E-state index in [2.05, 4.69) is 10.6 Å². The van der Waals surface area contributed by atoms with E-state index in [1.165, 1.54) is 11.1 Å². The number of phenolic OH excluding ortho intramolecular Hbond substituents is 1. The second kappa shape index (κ2) is 7.21. The molecule has 2 unspecified atom stereocenters. The number of ether oxygens (including phenoxy) is 1. The molecule has 0 radical (unpaired) electrons. The predicted octanol–water partition coefficient (Wildman–Crippen LogP) is 3.27. The maximum absolute atomic E-state index is 11.7. The summed E-state index contributed by atoms with van der Waals surface area (Å²) in [6, 6.07) is 5.92. The fourth-order valence-electron chi connectivity index (χ4n) is 2.91. The monoisotopic (exact) mass is 320 g/mol. The number of fused-ring (bicyclic) bond motifs is 1. The quantitative estimate of drug-likeness (QED) is 0.796. The largest absolute Gasteiger partial charge is 0.508 e. The summed E-state index contributed by atoms with van der Waals surface area (Å²) in [5.74, 6) is 0.303. The van der Waals surface area contributed by atoms with Crippen molar-refractivity contribution in [3.8, 4) is 5.75 Å². The Morgan fingerprint density at radius 3 is 2.87 bits per heavy atom. The van der Waals surface area contributed by atoms with Crippen molar-refractivity contribution in [3.63, 3.8) is 0 Å². The summed E-state index contributed by atoms with van der Waals surface area (Å²) in [6.45, 7) is 8.08. The highest BCUT2D eigenvalue weighted by molar-refractivity contribution is 5.67. The van der Waals surface area contributed by atoms with Gasteiger partial charge >= 0.3 is 6.09 Å². The molecule has 2 atom stereocenters. The van der Waals surface area contributed by atoms with E-state index >= 15 is 0 Å². The minimum atomic E-state index is -0.486. The Morgan fingerprint density at radius 1 is 1.43 bits per heavy atom. The van der Waals surface area contributed by atoms with Crippen LogP contribution in [-0.4, -0.2) is 29.4 Å². The van der Waals surface area contributed by atoms with Crippen molar-refractivity contribution in [2.75, 3.05) is 6.54 Å². The zero-order chi connectivity index (χ0) is 17.0. The Hall–Kier alpha value is -1.75. The number of nitrogens with one attached hydrogen (secondary N) is 2. The molecular formula is C18H28N2O3. The number of carbonyl (C=O) groups is 1.